The van der Waals surface area contributed by atoms with E-state index in [0.717, 1.165) is 31.7 Å². The van der Waals surface area contributed by atoms with E-state index in [2.05, 4.69) is 43.3 Å². The second kappa shape index (κ2) is 8.00. The highest BCUT2D eigenvalue weighted by Gasteiger charge is 2.16. The maximum atomic E-state index is 12.8. The second-order valence-corrected chi connectivity index (χ2v) is 9.24. The molecule has 4 rings (SSSR count). The van der Waals surface area contributed by atoms with Gasteiger partial charge in [-0.2, -0.15) is 9.78 Å². The summed E-state index contributed by atoms with van der Waals surface area (Å²) in [6.07, 6.45) is 0. The van der Waals surface area contributed by atoms with E-state index in [1.54, 1.807) is 27.8 Å². The van der Waals surface area contributed by atoms with E-state index in [9.17, 15) is 4.79 Å². The predicted octanol–water partition coefficient (Wildman–Crippen LogP) is 5.77. The first-order chi connectivity index (χ1) is 13.9. The van der Waals surface area contributed by atoms with Crippen molar-refractivity contribution in [3.63, 3.8) is 0 Å². The lowest BCUT2D eigenvalue weighted by Gasteiger charge is -2.07. The highest BCUT2D eigenvalue weighted by atomic mass is 32.2. The van der Waals surface area contributed by atoms with Gasteiger partial charge in [0.15, 0.2) is 0 Å². The molecule has 0 unspecified atom stereocenters. The van der Waals surface area contributed by atoms with E-state index in [-0.39, 0.29) is 5.91 Å². The maximum Gasteiger partial charge on any atom is 0.256 e. The van der Waals surface area contributed by atoms with E-state index in [0.29, 0.717) is 11.4 Å². The minimum absolute atomic E-state index is 0.160. The molecule has 0 aliphatic heterocycles. The molecule has 0 atom stereocenters. The molecule has 148 valence electrons. The third-order valence-corrected chi connectivity index (χ3v) is 6.56. The Morgan fingerprint density at radius 3 is 2.55 bits per heavy atom. The van der Waals surface area contributed by atoms with Gasteiger partial charge in [-0.25, -0.2) is 4.98 Å². The van der Waals surface area contributed by atoms with Crippen LogP contribution in [0.25, 0.3) is 15.3 Å². The number of thiazole rings is 1. The van der Waals surface area contributed by atoms with Crippen molar-refractivity contribution < 1.29 is 4.79 Å². The first-order valence-corrected chi connectivity index (χ1v) is 11.2. The molecule has 0 aliphatic rings. The summed E-state index contributed by atoms with van der Waals surface area (Å²) in [5, 5.41) is 8.28. The fourth-order valence-electron chi connectivity index (χ4n) is 3.05. The van der Waals surface area contributed by atoms with Crippen LogP contribution in [0.3, 0.4) is 0 Å². The third kappa shape index (κ3) is 4.06. The number of aryl methyl sites for hydroxylation is 3. The van der Waals surface area contributed by atoms with Crippen molar-refractivity contribution in [1.29, 1.82) is 0 Å². The number of carbonyl (C=O) groups excluding carboxylic acids is 1. The van der Waals surface area contributed by atoms with Crippen molar-refractivity contribution in [1.82, 2.24) is 14.8 Å². The zero-order valence-corrected chi connectivity index (χ0v) is 18.4. The van der Waals surface area contributed by atoms with Crippen molar-refractivity contribution in [2.24, 2.45) is 0 Å². The summed E-state index contributed by atoms with van der Waals surface area (Å²) in [6.45, 7) is 8.20. The number of rotatable bonds is 5. The summed E-state index contributed by atoms with van der Waals surface area (Å²) in [5.41, 5.74) is 4.84. The van der Waals surface area contributed by atoms with Crippen molar-refractivity contribution in [3.05, 3.63) is 64.8 Å². The fourth-order valence-corrected chi connectivity index (χ4v) is 4.72. The largest absolute Gasteiger partial charge is 0.306 e. The molecule has 4 aromatic rings. The van der Waals surface area contributed by atoms with Crippen LogP contribution in [-0.4, -0.2) is 26.4 Å². The molecular weight excluding hydrogens is 400 g/mol. The number of aromatic nitrogens is 3. The second-order valence-electron chi connectivity index (χ2n) is 6.89. The molecule has 0 saturated heterocycles. The lowest BCUT2D eigenvalue weighted by Crippen LogP contribution is -2.15. The van der Waals surface area contributed by atoms with Crippen LogP contribution >= 0.6 is 23.1 Å². The van der Waals surface area contributed by atoms with E-state index >= 15 is 0 Å². The van der Waals surface area contributed by atoms with Gasteiger partial charge in [-0.3, -0.25) is 4.79 Å². The zero-order chi connectivity index (χ0) is 20.5. The third-order valence-electron chi connectivity index (χ3n) is 4.67. The summed E-state index contributed by atoms with van der Waals surface area (Å²) in [7, 11) is 0. The summed E-state index contributed by atoms with van der Waals surface area (Å²) < 4.78 is 2.82. The van der Waals surface area contributed by atoms with Crippen LogP contribution in [0.2, 0.25) is 0 Å². The lowest BCUT2D eigenvalue weighted by molar-refractivity contribution is 0.102. The average Bonchev–Trinajstić information content (AvgIpc) is 3.25. The molecule has 29 heavy (non-hydrogen) atoms. The Balaban J connectivity index is 1.64. The summed E-state index contributed by atoms with van der Waals surface area (Å²) in [6, 6.07) is 13.8. The van der Waals surface area contributed by atoms with Crippen LogP contribution in [-0.2, 0) is 0 Å². The van der Waals surface area contributed by atoms with Crippen molar-refractivity contribution >= 4 is 45.0 Å². The van der Waals surface area contributed by atoms with Gasteiger partial charge in [0.2, 0.25) is 5.13 Å². The van der Waals surface area contributed by atoms with E-state index in [4.69, 9.17) is 4.98 Å². The Morgan fingerprint density at radius 1 is 1.10 bits per heavy atom. The van der Waals surface area contributed by atoms with E-state index in [1.165, 1.54) is 11.1 Å². The molecule has 7 heteroatoms. The van der Waals surface area contributed by atoms with Crippen LogP contribution in [0.1, 0.15) is 34.1 Å². The molecule has 2 aromatic carbocycles. The minimum Gasteiger partial charge on any atom is -0.306 e. The first kappa shape index (κ1) is 19.7. The molecule has 0 radical (unpaired) electrons. The summed E-state index contributed by atoms with van der Waals surface area (Å²) >= 11 is 3.32. The van der Waals surface area contributed by atoms with Gasteiger partial charge in [0, 0.05) is 16.5 Å². The maximum absolute atomic E-state index is 12.8. The molecule has 5 nitrogen and oxygen atoms in total. The van der Waals surface area contributed by atoms with Crippen LogP contribution in [0.4, 0.5) is 5.82 Å². The number of hydrogen-bond acceptors (Lipinski definition) is 5. The van der Waals surface area contributed by atoms with Gasteiger partial charge in [-0.05, 0) is 74.0 Å². The van der Waals surface area contributed by atoms with Crippen molar-refractivity contribution in [2.75, 3.05) is 11.1 Å². The number of nitrogens with zero attached hydrogens (tertiary/aromatic N) is 3. The normalized spacial score (nSPS) is 11.2. The average molecular weight is 423 g/mol. The highest BCUT2D eigenvalue weighted by molar-refractivity contribution is 7.99. The monoisotopic (exact) mass is 422 g/mol. The summed E-state index contributed by atoms with van der Waals surface area (Å²) in [4.78, 5) is 18.7. The minimum atomic E-state index is -0.160. The van der Waals surface area contributed by atoms with Gasteiger partial charge >= 0.3 is 0 Å². The predicted molar refractivity (Wildman–Crippen MR) is 122 cm³/mol. The highest BCUT2D eigenvalue weighted by Crippen LogP contribution is 2.29. The smallest absolute Gasteiger partial charge is 0.256 e. The van der Waals surface area contributed by atoms with Gasteiger partial charge in [-0.15, -0.1) is 11.8 Å². The molecule has 0 spiro atoms. The summed E-state index contributed by atoms with van der Waals surface area (Å²) in [5.74, 6) is 1.46. The van der Waals surface area contributed by atoms with Crippen molar-refractivity contribution in [2.45, 2.75) is 32.6 Å². The Hall–Kier alpha value is -2.64. The number of amides is 1. The molecule has 0 saturated carbocycles. The molecule has 1 N–H and O–H groups in total. The lowest BCUT2D eigenvalue weighted by atomic mass is 10.1. The van der Waals surface area contributed by atoms with Crippen molar-refractivity contribution in [3.8, 4) is 5.13 Å². The first-order valence-electron chi connectivity index (χ1n) is 9.43. The fraction of sp³-hybridized carbons (Fsp3) is 0.227. The standard InChI is InChI=1S/C22H22N4OS2/c1-5-28-17-8-6-16(7-9-17)21(27)24-20-12-15(4)25-26(20)22-23-18-10-13(2)14(3)11-19(18)29-22/h6-12H,5H2,1-4H3,(H,24,27). The molecule has 1 amide bonds. The number of anilines is 1. The molecule has 0 aliphatic carbocycles. The molecule has 0 fully saturated rings. The molecule has 2 heterocycles. The van der Waals surface area contributed by atoms with Crippen LogP contribution < -0.4 is 5.32 Å². The molecule has 0 bridgehead atoms. The number of thioether (sulfide) groups is 1. The number of benzene rings is 2. The molecular formula is C22H22N4OS2. The van der Waals surface area contributed by atoms with Gasteiger partial charge in [0.1, 0.15) is 5.82 Å². The number of nitrogens with one attached hydrogen (secondary N) is 1. The van der Waals surface area contributed by atoms with E-state index in [1.807, 2.05) is 37.3 Å². The Bertz CT molecular complexity index is 1150. The topological polar surface area (TPSA) is 59.8 Å². The molecule has 2 aromatic heterocycles. The van der Waals surface area contributed by atoms with Gasteiger partial charge in [0.25, 0.3) is 5.91 Å². The quantitative estimate of drug-likeness (QED) is 0.415. The Morgan fingerprint density at radius 2 is 1.83 bits per heavy atom. The number of fused-ring (bicyclic) bond motifs is 1. The van der Waals surface area contributed by atoms with Gasteiger partial charge < -0.3 is 5.32 Å². The van der Waals surface area contributed by atoms with E-state index < -0.39 is 0 Å². The number of hydrogen-bond donors (Lipinski definition) is 1. The Labute approximate surface area is 178 Å². The van der Waals surface area contributed by atoms with Crippen LogP contribution in [0.15, 0.2) is 47.4 Å². The van der Waals surface area contributed by atoms with Gasteiger partial charge in [0.05, 0.1) is 15.9 Å². The van der Waals surface area contributed by atoms with Crippen LogP contribution in [0.5, 0.6) is 0 Å². The van der Waals surface area contributed by atoms with Crippen LogP contribution in [0, 0.1) is 20.8 Å². The SMILES string of the molecule is CCSc1ccc(C(=O)Nc2cc(C)nn2-c2nc3cc(C)c(C)cc3s2)cc1. The zero-order valence-electron chi connectivity index (χ0n) is 16.8. The van der Waals surface area contributed by atoms with Gasteiger partial charge in [-0.1, -0.05) is 18.3 Å². The number of carbonyl (C=O) groups is 1. The Kier molecular flexibility index (Phi) is 5.43.